The number of likely N-dealkylation sites (N-methyl/N-ethyl adjacent to an activating group) is 1. The molecule has 7 rings (SSSR count). The van der Waals surface area contributed by atoms with E-state index in [0.717, 1.165) is 49.6 Å². The van der Waals surface area contributed by atoms with E-state index in [1.165, 1.54) is 23.9 Å². The molecule has 1 aromatic heterocycles. The smallest absolute Gasteiger partial charge is 0.490 e. The molecule has 5 heterocycles. The van der Waals surface area contributed by atoms with Gasteiger partial charge in [-0.25, -0.2) is 26.9 Å². The lowest BCUT2D eigenvalue weighted by Crippen LogP contribution is -2.35. The fraction of sp³-hybridized carbons (Fsp3) is 0.429. The summed E-state index contributed by atoms with van der Waals surface area (Å²) in [5.74, 6) is 4.30. The number of phosphoric ester groups is 1. The van der Waals surface area contributed by atoms with E-state index in [1.807, 2.05) is 57.2 Å². The maximum atomic E-state index is 13.4. The third-order valence-corrected chi connectivity index (χ3v) is 19.4. The van der Waals surface area contributed by atoms with Gasteiger partial charge >= 0.3 is 29.2 Å². The SMILES string of the molecule is CCN1\C(=C/C=C/C=C/C2=[N+](CCCSC3CC(=O)N(CCC(=O)NCC#Cc4cn([C@H]5C[C@H](O)[C@@H](COP(=O)(O)OP(=O)(O)OP(=O)(O)O)O5)c(=O)nc4N)C3=O)c3ccccc3C2(C)C)C(C)(C)c2cc(S(=O)(=O)[O-])ccc21. The Morgan fingerprint density at radius 3 is 2.44 bits per heavy atom. The Morgan fingerprint density at radius 2 is 1.74 bits per heavy atom. The van der Waals surface area contributed by atoms with Crippen molar-refractivity contribution >= 4 is 86.0 Å². The van der Waals surface area contributed by atoms with Gasteiger partial charge in [0, 0.05) is 85.2 Å². The van der Waals surface area contributed by atoms with Crippen molar-refractivity contribution in [2.24, 2.45) is 0 Å². The number of aliphatic hydroxyl groups excluding tert-OH is 1. The van der Waals surface area contributed by atoms with Crippen molar-refractivity contribution in [3.63, 3.8) is 0 Å². The molecule has 3 aromatic rings. The van der Waals surface area contributed by atoms with E-state index in [4.69, 9.17) is 20.3 Å². The third-order valence-electron chi connectivity index (χ3n) is 13.5. The van der Waals surface area contributed by atoms with Gasteiger partial charge in [0.15, 0.2) is 5.71 Å². The van der Waals surface area contributed by atoms with Crippen LogP contribution in [0, 0.1) is 11.8 Å². The number of phosphoric acid groups is 3. The number of anilines is 2. The molecule has 31 heteroatoms. The highest BCUT2D eigenvalue weighted by atomic mass is 32.2. The molecule has 3 unspecified atom stereocenters. The van der Waals surface area contributed by atoms with E-state index in [0.29, 0.717) is 25.3 Å². The Morgan fingerprint density at radius 1 is 1.01 bits per heavy atom. The van der Waals surface area contributed by atoms with Crippen molar-refractivity contribution < 1.29 is 88.2 Å². The van der Waals surface area contributed by atoms with Crippen LogP contribution in [-0.4, -0.2) is 136 Å². The monoisotopic (exact) mass is 1210 g/mol. The van der Waals surface area contributed by atoms with E-state index < -0.39 is 86.8 Å². The van der Waals surface area contributed by atoms with E-state index >= 15 is 0 Å². The second-order valence-corrected chi connectivity index (χ2v) is 26.8. The van der Waals surface area contributed by atoms with Crippen molar-refractivity contribution in [1.29, 1.82) is 0 Å². The Labute approximate surface area is 464 Å². The molecule has 2 fully saturated rings. The largest absolute Gasteiger partial charge is 0.744 e. The van der Waals surface area contributed by atoms with Crippen LogP contribution in [0.15, 0.2) is 94.4 Å². The molecule has 2 aromatic carbocycles. The summed E-state index contributed by atoms with van der Waals surface area (Å²) >= 11 is 1.39. The number of nitrogens with one attached hydrogen (secondary N) is 1. The van der Waals surface area contributed by atoms with Crippen LogP contribution in [0.3, 0.4) is 0 Å². The number of imide groups is 1. The van der Waals surface area contributed by atoms with Crippen molar-refractivity contribution in [2.45, 2.75) is 99.7 Å². The molecule has 0 saturated carbocycles. The Kier molecular flexibility index (Phi) is 19.1. The molecule has 3 amide bonds. The first-order chi connectivity index (χ1) is 37.3. The first kappa shape index (κ1) is 62.2. The number of carbonyl (C=O) groups excluding carboxylic acids is 3. The minimum Gasteiger partial charge on any atom is -0.744 e. The van der Waals surface area contributed by atoms with Crippen LogP contribution in [-0.2, 0) is 66.9 Å². The summed E-state index contributed by atoms with van der Waals surface area (Å²) in [5, 5.41) is 12.4. The molecule has 80 heavy (non-hydrogen) atoms. The van der Waals surface area contributed by atoms with Gasteiger partial charge in [-0.1, -0.05) is 62.1 Å². The van der Waals surface area contributed by atoms with Crippen molar-refractivity contribution in [3.8, 4) is 11.8 Å². The number of ether oxygens (including phenoxy) is 1. The van der Waals surface area contributed by atoms with Crippen LogP contribution < -0.4 is 21.6 Å². The van der Waals surface area contributed by atoms with Gasteiger partial charge in [0.05, 0.1) is 40.4 Å². The average molecular weight is 1210 g/mol. The number of aliphatic hydroxyl groups is 1. The average Bonchev–Trinajstić information content (AvgIpc) is 4.06. The normalized spacial score (nSPS) is 22.7. The number of hydrogen-bond acceptors (Lipinski definition) is 19. The maximum Gasteiger partial charge on any atom is 0.490 e. The molecule has 432 valence electrons. The molecule has 0 spiro atoms. The molecule has 2 saturated heterocycles. The Balaban J connectivity index is 0.888. The first-order valence-electron chi connectivity index (χ1n) is 24.7. The number of para-hydroxylation sites is 1. The van der Waals surface area contributed by atoms with Crippen LogP contribution in [0.5, 0.6) is 0 Å². The summed E-state index contributed by atoms with van der Waals surface area (Å²) < 4.78 is 90.7. The van der Waals surface area contributed by atoms with E-state index in [9.17, 15) is 60.7 Å². The number of benzene rings is 2. The number of allylic oxidation sites excluding steroid dienone is 6. The number of nitrogens with two attached hydrogens (primary N) is 1. The van der Waals surface area contributed by atoms with Gasteiger partial charge in [0.25, 0.3) is 0 Å². The molecule has 4 aliphatic heterocycles. The van der Waals surface area contributed by atoms with Crippen LogP contribution in [0.1, 0.15) is 83.2 Å². The van der Waals surface area contributed by atoms with Crippen molar-refractivity contribution in [2.75, 3.05) is 49.2 Å². The van der Waals surface area contributed by atoms with Gasteiger partial charge in [-0.05, 0) is 50.6 Å². The van der Waals surface area contributed by atoms with E-state index in [2.05, 4.69) is 76.8 Å². The molecule has 0 aliphatic carbocycles. The quantitative estimate of drug-likeness (QED) is 0.0143. The van der Waals surface area contributed by atoms with Gasteiger partial charge in [0.2, 0.25) is 23.4 Å². The fourth-order valence-electron chi connectivity index (χ4n) is 9.73. The van der Waals surface area contributed by atoms with E-state index in [-0.39, 0.29) is 60.0 Å². The van der Waals surface area contributed by atoms with E-state index in [1.54, 1.807) is 6.07 Å². The minimum atomic E-state index is -5.80. The molecule has 6 atom stereocenters. The van der Waals surface area contributed by atoms with Gasteiger partial charge in [0.1, 0.15) is 34.8 Å². The number of likely N-dealkylation sites (tertiary alicyclic amines) is 1. The topological polar surface area (TPSA) is 380 Å². The standard InChI is InChI=1S/C49H60N7O19P3S2/c1-6-53-36-20-19-32(80(69,70)71)26-34(36)49(4,5)40(53)17-8-7-9-18-41-48(2,3)33-15-10-11-16-35(33)54(41)23-13-25-79-39-28-43(59)55(46(39)60)24-21-42(58)51-22-12-14-31-29-56(47(61)52-45(31)50)44-27-37(57)38(73-44)30-72-77(65,66)75-78(67,68)74-76(62,63)64/h7-11,15-20,26,29,37-39,44,57H,6,13,21-25,27-28,30H2,1-5H3,(H7-,50,51,52,58,61,62,63,64,65,66,67,68,69,70,71)/t37-,38+,39?,44+/m0/s1. The molecule has 0 radical (unpaired) electrons. The summed E-state index contributed by atoms with van der Waals surface area (Å²) in [6.45, 7) is 10.2. The molecule has 0 bridgehead atoms. The van der Waals surface area contributed by atoms with Gasteiger partial charge in [-0.2, -0.15) is 18.2 Å². The number of carbonyl (C=O) groups is 3. The summed E-state index contributed by atoms with van der Waals surface area (Å²) in [4.78, 5) is 95.1. The predicted octanol–water partition coefficient (Wildman–Crippen LogP) is 3.72. The lowest BCUT2D eigenvalue weighted by Gasteiger charge is -2.25. The van der Waals surface area contributed by atoms with Crippen LogP contribution in [0.2, 0.25) is 0 Å². The highest BCUT2D eigenvalue weighted by Gasteiger charge is 2.46. The molecule has 4 aliphatic rings. The molecular weight excluding hydrogens is 1150 g/mol. The van der Waals surface area contributed by atoms with Gasteiger partial charge in [-0.3, -0.25) is 28.4 Å². The zero-order chi connectivity index (χ0) is 58.8. The fourth-order valence-corrected chi connectivity index (χ4v) is 14.4. The number of nitrogens with zero attached hydrogens (tertiary/aromatic N) is 5. The number of aromatic nitrogens is 2. The molecular formula is C49H60N7O19P3S2. The summed E-state index contributed by atoms with van der Waals surface area (Å²) in [6, 6.07) is 12.7. The Bertz CT molecular complexity index is 3480. The second kappa shape index (κ2) is 24.6. The minimum absolute atomic E-state index is 0.00275. The zero-order valence-corrected chi connectivity index (χ0v) is 48.1. The lowest BCUT2D eigenvalue weighted by atomic mass is 9.81. The Hall–Kier alpha value is -5.43. The van der Waals surface area contributed by atoms with Crippen LogP contribution in [0.4, 0.5) is 17.2 Å². The number of amides is 3. The van der Waals surface area contributed by atoms with Crippen LogP contribution >= 0.6 is 35.2 Å². The molecule has 26 nitrogen and oxygen atoms in total. The van der Waals surface area contributed by atoms with Crippen molar-refractivity contribution in [3.05, 3.63) is 112 Å². The third kappa shape index (κ3) is 14.6. The highest BCUT2D eigenvalue weighted by Crippen LogP contribution is 2.66. The van der Waals surface area contributed by atoms with Crippen LogP contribution in [0.25, 0.3) is 0 Å². The van der Waals surface area contributed by atoms with Crippen molar-refractivity contribution in [1.82, 2.24) is 19.8 Å². The number of thioether (sulfide) groups is 1. The highest BCUT2D eigenvalue weighted by molar-refractivity contribution is 8.00. The summed E-state index contributed by atoms with van der Waals surface area (Å²) in [6.07, 6.45) is 7.08. The van der Waals surface area contributed by atoms with Gasteiger partial charge in [-0.15, -0.1) is 11.8 Å². The number of nitrogen functional groups attached to an aromatic ring is 1. The number of fused-ring (bicyclic) bond motifs is 2. The summed E-state index contributed by atoms with van der Waals surface area (Å²) in [5.41, 5.74) is 9.92. The zero-order valence-electron chi connectivity index (χ0n) is 43.8. The first-order valence-corrected chi connectivity index (χ1v) is 31.7. The maximum absolute atomic E-state index is 13.4. The summed E-state index contributed by atoms with van der Waals surface area (Å²) in [7, 11) is -21.6. The van der Waals surface area contributed by atoms with Gasteiger partial charge < -0.3 is 49.9 Å². The second-order valence-electron chi connectivity index (χ2n) is 19.7. The lowest BCUT2D eigenvalue weighted by molar-refractivity contribution is -0.437. The number of hydrogen-bond donors (Lipinski definition) is 7. The number of rotatable bonds is 22. The molecule has 8 N–H and O–H groups in total. The predicted molar refractivity (Wildman–Crippen MR) is 290 cm³/mol.